The summed E-state index contributed by atoms with van der Waals surface area (Å²) in [7, 11) is 0. The minimum Gasteiger partial charge on any atom is -0.395 e. The number of amides is 1. The molecule has 0 saturated carbocycles. The summed E-state index contributed by atoms with van der Waals surface area (Å²) in [4.78, 5) is 16.4. The molecule has 2 rings (SSSR count). The predicted octanol–water partition coefficient (Wildman–Crippen LogP) is 1.09. The normalized spacial score (nSPS) is 27.4. The van der Waals surface area contributed by atoms with Gasteiger partial charge in [-0.05, 0) is 38.1 Å². The van der Waals surface area contributed by atoms with E-state index in [9.17, 15) is 9.90 Å². The van der Waals surface area contributed by atoms with E-state index in [-0.39, 0.29) is 18.6 Å². The third kappa shape index (κ3) is 3.45. The van der Waals surface area contributed by atoms with Crippen LogP contribution in [0.15, 0.2) is 0 Å². The van der Waals surface area contributed by atoms with Crippen molar-refractivity contribution in [3.63, 3.8) is 0 Å². The molecule has 0 aliphatic carbocycles. The van der Waals surface area contributed by atoms with Gasteiger partial charge < -0.3 is 10.0 Å². The molecule has 1 atom stereocenters. The van der Waals surface area contributed by atoms with Crippen LogP contribution < -0.4 is 0 Å². The first-order valence-electron chi connectivity index (χ1n) is 7.33. The molecule has 2 heterocycles. The largest absolute Gasteiger partial charge is 0.395 e. The second-order valence-corrected chi connectivity index (χ2v) is 5.87. The van der Waals surface area contributed by atoms with Crippen LogP contribution in [0.2, 0.25) is 0 Å². The fourth-order valence-electron chi connectivity index (χ4n) is 3.01. The number of aliphatic hydroxyl groups excluding tert-OH is 1. The molecule has 0 aromatic carbocycles. The van der Waals surface area contributed by atoms with Crippen LogP contribution in [-0.4, -0.2) is 59.6 Å². The lowest BCUT2D eigenvalue weighted by atomic mass is 9.99. The number of hydrogen-bond donors (Lipinski definition) is 1. The Morgan fingerprint density at radius 2 is 1.89 bits per heavy atom. The Kier molecular flexibility index (Phi) is 5.01. The van der Waals surface area contributed by atoms with Gasteiger partial charge in [-0.2, -0.15) is 0 Å². The number of piperidine rings is 2. The number of hydrogen-bond acceptors (Lipinski definition) is 3. The molecular formula is C14H26N2O2. The first kappa shape index (κ1) is 13.8. The van der Waals surface area contributed by atoms with E-state index in [2.05, 4.69) is 11.8 Å². The maximum atomic E-state index is 12.2. The summed E-state index contributed by atoms with van der Waals surface area (Å²) < 4.78 is 0. The van der Waals surface area contributed by atoms with Crippen molar-refractivity contribution in [3.05, 3.63) is 0 Å². The van der Waals surface area contributed by atoms with Gasteiger partial charge in [-0.25, -0.2) is 0 Å². The quantitative estimate of drug-likeness (QED) is 0.820. The van der Waals surface area contributed by atoms with Gasteiger partial charge in [0, 0.05) is 19.1 Å². The Balaban J connectivity index is 1.82. The average molecular weight is 254 g/mol. The van der Waals surface area contributed by atoms with Crippen molar-refractivity contribution in [1.82, 2.24) is 9.80 Å². The zero-order valence-electron chi connectivity index (χ0n) is 11.5. The maximum absolute atomic E-state index is 12.2. The first-order valence-corrected chi connectivity index (χ1v) is 7.33. The van der Waals surface area contributed by atoms with Crippen molar-refractivity contribution in [2.45, 2.75) is 45.1 Å². The minimum absolute atomic E-state index is 0.185. The van der Waals surface area contributed by atoms with Gasteiger partial charge in [0.15, 0.2) is 0 Å². The van der Waals surface area contributed by atoms with Crippen LogP contribution >= 0.6 is 0 Å². The molecule has 1 N–H and O–H groups in total. The van der Waals surface area contributed by atoms with Crippen LogP contribution in [0.3, 0.4) is 0 Å². The molecular weight excluding hydrogens is 228 g/mol. The van der Waals surface area contributed by atoms with Crippen LogP contribution in [0.25, 0.3) is 0 Å². The summed E-state index contributed by atoms with van der Waals surface area (Å²) in [5, 5.41) is 9.35. The molecule has 1 unspecified atom stereocenters. The predicted molar refractivity (Wildman–Crippen MR) is 71.3 cm³/mol. The Morgan fingerprint density at radius 1 is 1.17 bits per heavy atom. The smallest absolute Gasteiger partial charge is 0.236 e. The van der Waals surface area contributed by atoms with Crippen molar-refractivity contribution in [1.29, 1.82) is 0 Å². The standard InChI is InChI=1S/C14H26N2O2/c1-12-5-8-15(9-6-12)14(18)10-16-7-3-2-4-13(16)11-17/h12-13,17H,2-11H2,1H3. The van der Waals surface area contributed by atoms with Crippen LogP contribution in [0.5, 0.6) is 0 Å². The van der Waals surface area contributed by atoms with Gasteiger partial charge in [0.25, 0.3) is 0 Å². The molecule has 0 radical (unpaired) electrons. The number of rotatable bonds is 3. The van der Waals surface area contributed by atoms with E-state index in [1.54, 1.807) is 0 Å². The van der Waals surface area contributed by atoms with Crippen LogP contribution in [-0.2, 0) is 4.79 Å². The molecule has 0 aromatic rings. The molecule has 4 nitrogen and oxygen atoms in total. The fourth-order valence-corrected chi connectivity index (χ4v) is 3.01. The Hall–Kier alpha value is -0.610. The van der Waals surface area contributed by atoms with E-state index in [1.807, 2.05) is 4.90 Å². The van der Waals surface area contributed by atoms with E-state index >= 15 is 0 Å². The van der Waals surface area contributed by atoms with Gasteiger partial charge in [0.1, 0.15) is 0 Å². The van der Waals surface area contributed by atoms with Crippen molar-refractivity contribution in [2.75, 3.05) is 32.8 Å². The second-order valence-electron chi connectivity index (χ2n) is 5.87. The third-order valence-corrected chi connectivity index (χ3v) is 4.43. The second kappa shape index (κ2) is 6.53. The molecule has 4 heteroatoms. The summed E-state index contributed by atoms with van der Waals surface area (Å²) in [6, 6.07) is 0.200. The lowest BCUT2D eigenvalue weighted by molar-refractivity contribution is -0.135. The van der Waals surface area contributed by atoms with E-state index in [4.69, 9.17) is 0 Å². The van der Waals surface area contributed by atoms with Crippen LogP contribution in [0.1, 0.15) is 39.0 Å². The lowest BCUT2D eigenvalue weighted by Crippen LogP contribution is -2.49. The molecule has 2 aliphatic rings. The zero-order chi connectivity index (χ0) is 13.0. The van der Waals surface area contributed by atoms with Crippen molar-refractivity contribution in [2.24, 2.45) is 5.92 Å². The van der Waals surface area contributed by atoms with E-state index in [0.717, 1.165) is 51.2 Å². The van der Waals surface area contributed by atoms with Crippen LogP contribution in [0, 0.1) is 5.92 Å². The molecule has 1 amide bonds. The van der Waals surface area contributed by atoms with Gasteiger partial charge in [-0.15, -0.1) is 0 Å². The van der Waals surface area contributed by atoms with Crippen molar-refractivity contribution >= 4 is 5.91 Å². The van der Waals surface area contributed by atoms with Gasteiger partial charge in [0.05, 0.1) is 13.2 Å². The Morgan fingerprint density at radius 3 is 2.56 bits per heavy atom. The highest BCUT2D eigenvalue weighted by Gasteiger charge is 2.27. The summed E-state index contributed by atoms with van der Waals surface area (Å²) in [5.74, 6) is 1.01. The summed E-state index contributed by atoms with van der Waals surface area (Å²) in [6.45, 7) is 5.73. The lowest BCUT2D eigenvalue weighted by Gasteiger charge is -2.37. The maximum Gasteiger partial charge on any atom is 0.236 e. The molecule has 0 bridgehead atoms. The van der Waals surface area contributed by atoms with Gasteiger partial charge >= 0.3 is 0 Å². The SMILES string of the molecule is CC1CCN(C(=O)CN2CCCCC2CO)CC1. The van der Waals surface area contributed by atoms with E-state index in [1.165, 1.54) is 6.42 Å². The average Bonchev–Trinajstić information content (AvgIpc) is 2.40. The highest BCUT2D eigenvalue weighted by Crippen LogP contribution is 2.19. The molecule has 2 fully saturated rings. The third-order valence-electron chi connectivity index (χ3n) is 4.43. The molecule has 0 spiro atoms. The van der Waals surface area contributed by atoms with Crippen molar-refractivity contribution in [3.8, 4) is 0 Å². The number of carbonyl (C=O) groups excluding carboxylic acids is 1. The first-order chi connectivity index (χ1) is 8.70. The number of carbonyl (C=O) groups is 1. The number of likely N-dealkylation sites (tertiary alicyclic amines) is 2. The molecule has 2 saturated heterocycles. The topological polar surface area (TPSA) is 43.8 Å². The zero-order valence-corrected chi connectivity index (χ0v) is 11.5. The number of nitrogens with zero attached hydrogens (tertiary/aromatic N) is 2. The molecule has 0 aromatic heterocycles. The Labute approximate surface area is 110 Å². The fraction of sp³-hybridized carbons (Fsp3) is 0.929. The number of aliphatic hydroxyl groups is 1. The Bertz CT molecular complexity index is 275. The monoisotopic (exact) mass is 254 g/mol. The van der Waals surface area contributed by atoms with E-state index in [0.29, 0.717) is 6.54 Å². The van der Waals surface area contributed by atoms with E-state index < -0.39 is 0 Å². The minimum atomic E-state index is 0.185. The molecule has 18 heavy (non-hydrogen) atoms. The summed E-state index contributed by atoms with van der Waals surface area (Å²) in [5.41, 5.74) is 0. The highest BCUT2D eigenvalue weighted by molar-refractivity contribution is 5.78. The van der Waals surface area contributed by atoms with Gasteiger partial charge in [-0.1, -0.05) is 13.3 Å². The summed E-state index contributed by atoms with van der Waals surface area (Å²) in [6.07, 6.45) is 5.63. The molecule has 2 aliphatic heterocycles. The van der Waals surface area contributed by atoms with Gasteiger partial charge in [-0.3, -0.25) is 9.69 Å². The van der Waals surface area contributed by atoms with Crippen LogP contribution in [0.4, 0.5) is 0 Å². The van der Waals surface area contributed by atoms with Gasteiger partial charge in [0.2, 0.25) is 5.91 Å². The molecule has 104 valence electrons. The highest BCUT2D eigenvalue weighted by atomic mass is 16.3. The summed E-state index contributed by atoms with van der Waals surface area (Å²) >= 11 is 0. The van der Waals surface area contributed by atoms with Crippen molar-refractivity contribution < 1.29 is 9.90 Å².